The molecule has 2 aromatic carbocycles. The highest BCUT2D eigenvalue weighted by atomic mass is 19.3. The van der Waals surface area contributed by atoms with E-state index in [1.54, 1.807) is 0 Å². The number of hydrogen-bond acceptors (Lipinski definition) is 1. The molecule has 5 heteroatoms. The van der Waals surface area contributed by atoms with Crippen molar-refractivity contribution in [1.29, 1.82) is 0 Å². The van der Waals surface area contributed by atoms with Crippen molar-refractivity contribution in [3.05, 3.63) is 70.8 Å². The first-order valence-corrected chi connectivity index (χ1v) is 5.50. The van der Waals surface area contributed by atoms with E-state index < -0.39 is 24.2 Å². The van der Waals surface area contributed by atoms with Gasteiger partial charge in [0.2, 0.25) is 0 Å². The van der Waals surface area contributed by atoms with Crippen molar-refractivity contribution >= 4 is 0 Å². The summed E-state index contributed by atoms with van der Waals surface area (Å²) in [5.74, 6) is -1.69. The zero-order valence-corrected chi connectivity index (χ0v) is 9.66. The van der Waals surface area contributed by atoms with Gasteiger partial charge in [-0.1, -0.05) is 24.3 Å². The summed E-state index contributed by atoms with van der Waals surface area (Å²) in [5.41, 5.74) is -0.296. The third kappa shape index (κ3) is 2.93. The maximum atomic E-state index is 13.5. The second-order valence-electron chi connectivity index (χ2n) is 4.04. The van der Waals surface area contributed by atoms with E-state index >= 15 is 0 Å². The minimum absolute atomic E-state index is 0.128. The quantitative estimate of drug-likeness (QED) is 0.836. The van der Waals surface area contributed by atoms with Crippen LogP contribution in [0.15, 0.2) is 42.5 Å². The van der Waals surface area contributed by atoms with Crippen LogP contribution < -0.4 is 0 Å². The summed E-state index contributed by atoms with van der Waals surface area (Å²) >= 11 is 0. The van der Waals surface area contributed by atoms with Gasteiger partial charge in [-0.15, -0.1) is 0 Å². The van der Waals surface area contributed by atoms with E-state index in [1.807, 2.05) is 0 Å². The molecule has 0 heterocycles. The van der Waals surface area contributed by atoms with E-state index in [-0.39, 0.29) is 16.7 Å². The van der Waals surface area contributed by atoms with Crippen LogP contribution in [0.4, 0.5) is 17.6 Å². The Morgan fingerprint density at radius 2 is 1.58 bits per heavy atom. The first kappa shape index (κ1) is 13.5. The van der Waals surface area contributed by atoms with Gasteiger partial charge in [-0.2, -0.15) is 0 Å². The lowest BCUT2D eigenvalue weighted by Gasteiger charge is -2.13. The lowest BCUT2D eigenvalue weighted by atomic mass is 9.99. The van der Waals surface area contributed by atoms with E-state index in [0.29, 0.717) is 6.07 Å². The molecule has 1 N–H and O–H groups in total. The third-order valence-electron chi connectivity index (χ3n) is 2.74. The Balaban J connectivity index is 2.38. The van der Waals surface area contributed by atoms with E-state index in [1.165, 1.54) is 18.2 Å². The average Bonchev–Trinajstić information content (AvgIpc) is 2.38. The lowest BCUT2D eigenvalue weighted by molar-refractivity contribution is 0.150. The van der Waals surface area contributed by atoms with Crippen molar-refractivity contribution in [2.75, 3.05) is 0 Å². The van der Waals surface area contributed by atoms with Gasteiger partial charge in [0.15, 0.2) is 0 Å². The monoisotopic (exact) mass is 270 g/mol. The van der Waals surface area contributed by atoms with E-state index in [4.69, 9.17) is 0 Å². The van der Waals surface area contributed by atoms with Gasteiger partial charge in [-0.25, -0.2) is 17.6 Å². The van der Waals surface area contributed by atoms with Gasteiger partial charge < -0.3 is 5.11 Å². The summed E-state index contributed by atoms with van der Waals surface area (Å²) in [4.78, 5) is 0. The van der Waals surface area contributed by atoms with Crippen LogP contribution in [-0.2, 0) is 0 Å². The van der Waals surface area contributed by atoms with Gasteiger partial charge in [-0.05, 0) is 17.7 Å². The Kier molecular flexibility index (Phi) is 3.85. The maximum absolute atomic E-state index is 13.5. The number of aliphatic hydroxyl groups is 1. The predicted octanol–water partition coefficient (Wildman–Crippen LogP) is 3.98. The highest BCUT2D eigenvalue weighted by Crippen LogP contribution is 2.28. The van der Waals surface area contributed by atoms with Crippen molar-refractivity contribution in [1.82, 2.24) is 0 Å². The maximum Gasteiger partial charge on any atom is 0.263 e. The van der Waals surface area contributed by atoms with Crippen LogP contribution in [0.1, 0.15) is 29.2 Å². The fourth-order valence-corrected chi connectivity index (χ4v) is 1.77. The summed E-state index contributed by atoms with van der Waals surface area (Å²) in [6.07, 6.45) is -4.09. The van der Waals surface area contributed by atoms with E-state index in [2.05, 4.69) is 0 Å². The van der Waals surface area contributed by atoms with Crippen molar-refractivity contribution < 1.29 is 22.7 Å². The second-order valence-corrected chi connectivity index (χ2v) is 4.04. The molecule has 1 nitrogen and oxygen atoms in total. The Hall–Kier alpha value is -1.88. The van der Waals surface area contributed by atoms with Crippen LogP contribution in [0, 0.1) is 11.6 Å². The van der Waals surface area contributed by atoms with Crippen LogP contribution in [0.3, 0.4) is 0 Å². The minimum Gasteiger partial charge on any atom is -0.384 e. The first-order chi connectivity index (χ1) is 8.99. The summed E-state index contributed by atoms with van der Waals surface area (Å²) in [7, 11) is 0. The Morgan fingerprint density at radius 3 is 2.21 bits per heavy atom. The molecule has 0 amide bonds. The van der Waals surface area contributed by atoms with Crippen LogP contribution in [-0.4, -0.2) is 5.11 Å². The van der Waals surface area contributed by atoms with Gasteiger partial charge in [0.1, 0.15) is 17.7 Å². The van der Waals surface area contributed by atoms with Gasteiger partial charge in [0.25, 0.3) is 6.43 Å². The summed E-state index contributed by atoms with van der Waals surface area (Å²) in [6, 6.07) is 7.78. The van der Waals surface area contributed by atoms with Crippen LogP contribution in [0.5, 0.6) is 0 Å². The molecule has 100 valence electrons. The number of alkyl halides is 2. The second kappa shape index (κ2) is 5.40. The molecule has 0 aliphatic rings. The van der Waals surface area contributed by atoms with Gasteiger partial charge in [0, 0.05) is 17.2 Å². The van der Waals surface area contributed by atoms with E-state index in [9.17, 15) is 22.7 Å². The van der Waals surface area contributed by atoms with E-state index in [0.717, 1.165) is 18.2 Å². The highest BCUT2D eigenvalue weighted by molar-refractivity contribution is 5.33. The Morgan fingerprint density at radius 1 is 0.895 bits per heavy atom. The zero-order valence-electron chi connectivity index (χ0n) is 9.66. The SMILES string of the molecule is OC(c1cccc(C(F)F)c1)c1ccc(F)cc1F. The average molecular weight is 270 g/mol. The van der Waals surface area contributed by atoms with Gasteiger partial charge in [0.05, 0.1) is 0 Å². The largest absolute Gasteiger partial charge is 0.384 e. The van der Waals surface area contributed by atoms with Gasteiger partial charge in [-0.3, -0.25) is 0 Å². The molecule has 0 aliphatic heterocycles. The molecule has 2 rings (SSSR count). The predicted molar refractivity (Wildman–Crippen MR) is 61.8 cm³/mol. The molecule has 2 aromatic rings. The number of halogens is 4. The molecule has 1 atom stereocenters. The summed E-state index contributed by atoms with van der Waals surface area (Å²) in [6.45, 7) is 0. The Labute approximate surface area is 107 Å². The molecule has 0 saturated heterocycles. The minimum atomic E-state index is -2.68. The van der Waals surface area contributed by atoms with Crippen LogP contribution in [0.25, 0.3) is 0 Å². The molecule has 1 unspecified atom stereocenters. The molecule has 0 bridgehead atoms. The highest BCUT2D eigenvalue weighted by Gasteiger charge is 2.17. The van der Waals surface area contributed by atoms with Crippen LogP contribution >= 0.6 is 0 Å². The number of rotatable bonds is 3. The summed E-state index contributed by atoms with van der Waals surface area (Å²) in [5, 5.41) is 9.96. The van der Waals surface area contributed by atoms with Crippen molar-refractivity contribution in [2.45, 2.75) is 12.5 Å². The summed E-state index contributed by atoms with van der Waals surface area (Å²) < 4.78 is 51.3. The van der Waals surface area contributed by atoms with Crippen molar-refractivity contribution in [2.24, 2.45) is 0 Å². The third-order valence-corrected chi connectivity index (χ3v) is 2.74. The molecule has 19 heavy (non-hydrogen) atoms. The molecule has 0 radical (unpaired) electrons. The lowest BCUT2D eigenvalue weighted by Crippen LogP contribution is -2.03. The number of benzene rings is 2. The molecule has 0 aliphatic carbocycles. The van der Waals surface area contributed by atoms with Crippen molar-refractivity contribution in [3.63, 3.8) is 0 Å². The molecule has 0 aromatic heterocycles. The molecule has 0 saturated carbocycles. The number of aliphatic hydroxyl groups excluding tert-OH is 1. The first-order valence-electron chi connectivity index (χ1n) is 5.50. The topological polar surface area (TPSA) is 20.2 Å². The Bertz CT molecular complexity index is 583. The molecular weight excluding hydrogens is 260 g/mol. The normalized spacial score (nSPS) is 12.7. The van der Waals surface area contributed by atoms with Gasteiger partial charge >= 0.3 is 0 Å². The molecular formula is C14H10F4O. The zero-order chi connectivity index (χ0) is 14.0. The standard InChI is InChI=1S/C14H10F4O/c15-10-4-5-11(12(16)7-10)13(19)8-2-1-3-9(6-8)14(17)18/h1-7,13-14,19H. The molecule has 0 spiro atoms. The van der Waals surface area contributed by atoms with Crippen molar-refractivity contribution in [3.8, 4) is 0 Å². The smallest absolute Gasteiger partial charge is 0.263 e. The van der Waals surface area contributed by atoms with Crippen LogP contribution in [0.2, 0.25) is 0 Å². The molecule has 0 fully saturated rings. The number of hydrogen-bond donors (Lipinski definition) is 1. The fraction of sp³-hybridized carbons (Fsp3) is 0.143. The fourth-order valence-electron chi connectivity index (χ4n) is 1.77.